The number of pyridine rings is 1. The van der Waals surface area contributed by atoms with E-state index >= 15 is 0 Å². The molecule has 5 rings (SSSR count). The highest BCUT2D eigenvalue weighted by Crippen LogP contribution is 2.34. The predicted molar refractivity (Wildman–Crippen MR) is 115 cm³/mol. The molecule has 0 fully saturated rings. The van der Waals surface area contributed by atoms with E-state index in [2.05, 4.69) is 26.4 Å². The van der Waals surface area contributed by atoms with Crippen molar-refractivity contribution in [2.45, 2.75) is 19.0 Å². The Morgan fingerprint density at radius 1 is 1.07 bits per heavy atom. The quantitative estimate of drug-likeness (QED) is 0.695. The van der Waals surface area contributed by atoms with Crippen LogP contribution < -0.4 is 5.32 Å². The fourth-order valence-electron chi connectivity index (χ4n) is 3.94. The lowest BCUT2D eigenvalue weighted by Gasteiger charge is -2.16. The first kappa shape index (κ1) is 18.4. The summed E-state index contributed by atoms with van der Waals surface area (Å²) < 4.78 is 0. The Morgan fingerprint density at radius 2 is 1.87 bits per heavy atom. The second-order valence-electron chi connectivity index (χ2n) is 7.39. The predicted octanol–water partition coefficient (Wildman–Crippen LogP) is 2.91. The first-order chi connectivity index (χ1) is 14.7. The molecular formula is C24H20N4O2. The van der Waals surface area contributed by atoms with Gasteiger partial charge in [-0.3, -0.25) is 14.8 Å². The number of aliphatic imine (C=N–C) groups is 2. The van der Waals surface area contributed by atoms with Crippen LogP contribution in [0.4, 0.5) is 5.69 Å². The minimum atomic E-state index is -0.458. The van der Waals surface area contributed by atoms with Crippen molar-refractivity contribution < 1.29 is 9.90 Å². The third-order valence-corrected chi connectivity index (χ3v) is 5.49. The molecule has 0 radical (unpaired) electrons. The average Bonchev–Trinajstić information content (AvgIpc) is 3.40. The highest BCUT2D eigenvalue weighted by Gasteiger charge is 2.27. The monoisotopic (exact) mass is 396 g/mol. The van der Waals surface area contributed by atoms with Crippen molar-refractivity contribution in [1.29, 1.82) is 0 Å². The molecule has 0 bridgehead atoms. The van der Waals surface area contributed by atoms with Crippen LogP contribution in [0.25, 0.3) is 0 Å². The maximum Gasteiger partial charge on any atom is 0.266 e. The van der Waals surface area contributed by atoms with Crippen LogP contribution in [0, 0.1) is 0 Å². The Labute approximate surface area is 174 Å². The van der Waals surface area contributed by atoms with Crippen molar-refractivity contribution in [3.8, 4) is 0 Å². The van der Waals surface area contributed by atoms with Crippen LogP contribution in [0.2, 0.25) is 0 Å². The van der Waals surface area contributed by atoms with Gasteiger partial charge in [-0.1, -0.05) is 36.4 Å². The number of nitrogens with one attached hydrogen (secondary N) is 1. The zero-order chi connectivity index (χ0) is 20.5. The molecule has 0 aliphatic carbocycles. The summed E-state index contributed by atoms with van der Waals surface area (Å²) in [7, 11) is 0. The second-order valence-corrected chi connectivity index (χ2v) is 7.39. The number of aliphatic hydroxyl groups is 1. The Bertz CT molecular complexity index is 1170. The van der Waals surface area contributed by atoms with Crippen molar-refractivity contribution in [3.63, 3.8) is 0 Å². The molecule has 3 heterocycles. The number of rotatable bonds is 5. The van der Waals surface area contributed by atoms with E-state index in [4.69, 9.17) is 0 Å². The van der Waals surface area contributed by atoms with Gasteiger partial charge in [0.15, 0.2) is 0 Å². The SMILES string of the molecule is O=C(N[C@H](CO)c1ccccc1)C1=Nc2cc3c(cc2C1)CN=C3c1ccncc1. The molecule has 1 amide bonds. The number of hydrogen-bond donors (Lipinski definition) is 2. The zero-order valence-corrected chi connectivity index (χ0v) is 16.2. The molecule has 6 heteroatoms. The maximum absolute atomic E-state index is 12.8. The van der Waals surface area contributed by atoms with Gasteiger partial charge in [0.25, 0.3) is 5.91 Å². The Kier molecular flexibility index (Phi) is 4.69. The summed E-state index contributed by atoms with van der Waals surface area (Å²) in [5.41, 5.74) is 7.34. The fraction of sp³-hybridized carbons (Fsp3) is 0.167. The minimum Gasteiger partial charge on any atom is -0.394 e. The number of fused-ring (bicyclic) bond motifs is 2. The highest BCUT2D eigenvalue weighted by molar-refractivity contribution is 6.41. The van der Waals surface area contributed by atoms with Crippen molar-refractivity contribution in [1.82, 2.24) is 10.3 Å². The molecule has 2 aliphatic rings. The van der Waals surface area contributed by atoms with Crippen LogP contribution >= 0.6 is 0 Å². The third kappa shape index (κ3) is 3.31. The van der Waals surface area contributed by atoms with E-state index in [0.717, 1.165) is 39.2 Å². The lowest BCUT2D eigenvalue weighted by Crippen LogP contribution is -2.36. The Morgan fingerprint density at radius 3 is 2.63 bits per heavy atom. The van der Waals surface area contributed by atoms with Crippen molar-refractivity contribution >= 4 is 23.0 Å². The highest BCUT2D eigenvalue weighted by atomic mass is 16.3. The maximum atomic E-state index is 12.8. The lowest BCUT2D eigenvalue weighted by atomic mass is 9.97. The fourth-order valence-corrected chi connectivity index (χ4v) is 3.94. The van der Waals surface area contributed by atoms with Crippen LogP contribution in [0.3, 0.4) is 0 Å². The molecule has 2 N–H and O–H groups in total. The van der Waals surface area contributed by atoms with Gasteiger partial charge < -0.3 is 10.4 Å². The van der Waals surface area contributed by atoms with Gasteiger partial charge in [0, 0.05) is 29.9 Å². The summed E-state index contributed by atoms with van der Waals surface area (Å²) in [5, 5.41) is 12.6. The molecule has 3 aromatic rings. The van der Waals surface area contributed by atoms with Crippen LogP contribution in [0.15, 0.2) is 77.0 Å². The standard InChI is InChI=1S/C24H20N4O2/c29-14-22(15-4-2-1-3-5-15)28-24(30)21-11-17-10-18-13-26-23(16-6-8-25-9-7-16)19(18)12-20(17)27-21/h1-10,12,22,29H,11,13-14H2,(H,28,30)/t22-/m1/s1. The van der Waals surface area contributed by atoms with Crippen molar-refractivity contribution in [2.75, 3.05) is 6.61 Å². The van der Waals surface area contributed by atoms with Crippen LogP contribution in [-0.4, -0.2) is 34.0 Å². The molecule has 1 aromatic heterocycles. The molecule has 2 aliphatic heterocycles. The Hall–Kier alpha value is -3.64. The Balaban J connectivity index is 1.38. The van der Waals surface area contributed by atoms with Gasteiger partial charge >= 0.3 is 0 Å². The smallest absolute Gasteiger partial charge is 0.266 e. The minimum absolute atomic E-state index is 0.171. The van der Waals surface area contributed by atoms with E-state index in [-0.39, 0.29) is 12.5 Å². The summed E-state index contributed by atoms with van der Waals surface area (Å²) in [6.45, 7) is 0.457. The number of amides is 1. The molecule has 0 spiro atoms. The van der Waals surface area contributed by atoms with E-state index < -0.39 is 6.04 Å². The first-order valence-corrected chi connectivity index (χ1v) is 9.88. The summed E-state index contributed by atoms with van der Waals surface area (Å²) in [4.78, 5) is 26.2. The molecule has 148 valence electrons. The molecule has 0 saturated heterocycles. The topological polar surface area (TPSA) is 86.9 Å². The number of carbonyl (C=O) groups is 1. The van der Waals surface area contributed by atoms with Gasteiger partial charge in [-0.25, -0.2) is 4.99 Å². The summed E-state index contributed by atoms with van der Waals surface area (Å²) in [6, 6.07) is 17.0. The summed E-state index contributed by atoms with van der Waals surface area (Å²) in [5.74, 6) is -0.253. The van der Waals surface area contributed by atoms with Crippen molar-refractivity contribution in [3.05, 3.63) is 94.8 Å². The molecule has 30 heavy (non-hydrogen) atoms. The zero-order valence-electron chi connectivity index (χ0n) is 16.2. The second kappa shape index (κ2) is 7.65. The number of carbonyl (C=O) groups excluding carboxylic acids is 1. The molecule has 2 aromatic carbocycles. The van der Waals surface area contributed by atoms with Gasteiger partial charge in [-0.2, -0.15) is 0 Å². The number of hydrogen-bond acceptors (Lipinski definition) is 5. The first-order valence-electron chi connectivity index (χ1n) is 9.88. The molecule has 0 saturated carbocycles. The normalized spacial score (nSPS) is 15.1. The average molecular weight is 396 g/mol. The summed E-state index contributed by atoms with van der Waals surface area (Å²) >= 11 is 0. The molecule has 1 atom stereocenters. The number of aromatic nitrogens is 1. The van der Waals surface area contributed by atoms with E-state index in [0.29, 0.717) is 18.7 Å². The van der Waals surface area contributed by atoms with Crippen LogP contribution in [0.1, 0.15) is 33.9 Å². The van der Waals surface area contributed by atoms with Gasteiger partial charge in [0.05, 0.1) is 30.6 Å². The van der Waals surface area contributed by atoms with Gasteiger partial charge in [-0.15, -0.1) is 0 Å². The van der Waals surface area contributed by atoms with Crippen LogP contribution in [-0.2, 0) is 17.8 Å². The van der Waals surface area contributed by atoms with Crippen LogP contribution in [0.5, 0.6) is 0 Å². The summed E-state index contributed by atoms with van der Waals surface area (Å²) in [6.07, 6.45) is 3.99. The van der Waals surface area contributed by atoms with E-state index in [1.807, 2.05) is 48.5 Å². The van der Waals surface area contributed by atoms with Gasteiger partial charge in [0.2, 0.25) is 0 Å². The van der Waals surface area contributed by atoms with E-state index in [1.54, 1.807) is 12.4 Å². The van der Waals surface area contributed by atoms with Gasteiger partial charge in [-0.05, 0) is 34.9 Å². The third-order valence-electron chi connectivity index (χ3n) is 5.49. The van der Waals surface area contributed by atoms with E-state index in [1.165, 1.54) is 0 Å². The van der Waals surface area contributed by atoms with Gasteiger partial charge in [0.1, 0.15) is 5.71 Å². The molecule has 6 nitrogen and oxygen atoms in total. The largest absolute Gasteiger partial charge is 0.394 e. The number of nitrogens with zero attached hydrogens (tertiary/aromatic N) is 3. The lowest BCUT2D eigenvalue weighted by molar-refractivity contribution is -0.115. The van der Waals surface area contributed by atoms with E-state index in [9.17, 15) is 9.90 Å². The molecular weight excluding hydrogens is 376 g/mol. The number of benzene rings is 2. The number of aliphatic hydroxyl groups excluding tert-OH is 1. The molecule has 0 unspecified atom stereocenters. The van der Waals surface area contributed by atoms with Crippen molar-refractivity contribution in [2.24, 2.45) is 9.98 Å².